The summed E-state index contributed by atoms with van der Waals surface area (Å²) in [7, 11) is -6.69. The number of carbonyl (C=O) groups excluding carboxylic acids is 1. The molecule has 0 saturated carbocycles. The Morgan fingerprint density at radius 2 is 1.27 bits per heavy atom. The standard InChI is InChI=1S/C31H61IO6Si3/c1-29(2,3)39(10,11)36-24(18-20-32)26-28(38-41(14,15)31(7,8)9)27(37-40(12,13)30(4,5)6)25-23(35-26)17-16-22(34-25)19-21-33/h18,20-28H,16-17,19H2,1-15H3/b20-18+/t22?,23?,24?,25-,26?,27?,28?/m0/s1. The third-order valence-electron chi connectivity index (χ3n) is 10.4. The maximum atomic E-state index is 11.5. The first-order valence-electron chi connectivity index (χ1n) is 15.4. The minimum absolute atomic E-state index is 0.00170. The van der Waals surface area contributed by atoms with Crippen LogP contribution in [0.25, 0.3) is 0 Å². The molecule has 6 nitrogen and oxygen atoms in total. The van der Waals surface area contributed by atoms with E-state index >= 15 is 0 Å². The van der Waals surface area contributed by atoms with Gasteiger partial charge in [0.15, 0.2) is 25.0 Å². The lowest BCUT2D eigenvalue weighted by atomic mass is 9.87. The highest BCUT2D eigenvalue weighted by Crippen LogP contribution is 2.47. The fraction of sp³-hybridized carbons (Fsp3) is 0.903. The van der Waals surface area contributed by atoms with Crippen molar-refractivity contribution < 1.29 is 27.5 Å². The van der Waals surface area contributed by atoms with E-state index in [0.29, 0.717) is 6.42 Å². The molecule has 7 atom stereocenters. The average Bonchev–Trinajstić information content (AvgIpc) is 2.78. The topological polar surface area (TPSA) is 63.2 Å². The van der Waals surface area contributed by atoms with Crippen LogP contribution >= 0.6 is 22.6 Å². The lowest BCUT2D eigenvalue weighted by Gasteiger charge is -2.56. The first-order chi connectivity index (χ1) is 18.4. The van der Waals surface area contributed by atoms with Gasteiger partial charge in [-0.15, -0.1) is 0 Å². The number of fused-ring (bicyclic) bond motifs is 1. The monoisotopic (exact) mass is 740 g/mol. The Labute approximate surface area is 268 Å². The second-order valence-electron chi connectivity index (χ2n) is 16.7. The van der Waals surface area contributed by atoms with Gasteiger partial charge in [-0.3, -0.25) is 0 Å². The Hall–Kier alpha value is 0.591. The van der Waals surface area contributed by atoms with E-state index in [9.17, 15) is 4.79 Å². The van der Waals surface area contributed by atoms with Crippen LogP contribution in [-0.4, -0.2) is 74.0 Å². The highest BCUT2D eigenvalue weighted by Gasteiger charge is 2.57. The number of hydrogen-bond acceptors (Lipinski definition) is 6. The number of ether oxygens (including phenoxy) is 2. The minimum atomic E-state index is -2.28. The van der Waals surface area contributed by atoms with Gasteiger partial charge in [-0.25, -0.2) is 0 Å². The normalized spacial score (nSPS) is 29.9. The highest BCUT2D eigenvalue weighted by molar-refractivity contribution is 14.1. The summed E-state index contributed by atoms with van der Waals surface area (Å²) in [4.78, 5) is 11.5. The van der Waals surface area contributed by atoms with Crippen molar-refractivity contribution >= 4 is 53.8 Å². The molecule has 0 N–H and O–H groups in total. The van der Waals surface area contributed by atoms with Crippen LogP contribution in [0.1, 0.15) is 81.6 Å². The summed E-state index contributed by atoms with van der Waals surface area (Å²) in [5.74, 6) is 0. The van der Waals surface area contributed by atoms with E-state index in [1.54, 1.807) is 0 Å². The summed E-state index contributed by atoms with van der Waals surface area (Å²) in [6.07, 6.45) is 3.25. The molecule has 0 bridgehead atoms. The highest BCUT2D eigenvalue weighted by atomic mass is 127. The summed E-state index contributed by atoms with van der Waals surface area (Å²) in [5.41, 5.74) is 0. The third kappa shape index (κ3) is 9.08. The molecule has 2 fully saturated rings. The Morgan fingerprint density at radius 1 is 0.780 bits per heavy atom. The van der Waals surface area contributed by atoms with E-state index in [0.717, 1.165) is 19.1 Å². The minimum Gasteiger partial charge on any atom is -0.408 e. The largest absolute Gasteiger partial charge is 0.408 e. The Kier molecular flexibility index (Phi) is 12.5. The van der Waals surface area contributed by atoms with Gasteiger partial charge in [0.25, 0.3) is 0 Å². The number of rotatable bonds is 10. The van der Waals surface area contributed by atoms with E-state index < -0.39 is 25.0 Å². The lowest BCUT2D eigenvalue weighted by molar-refractivity contribution is -0.266. The SMILES string of the molecule is CC(C)(C)[Si](C)(C)OC(/C=C/I)C1OC2CCC(CC=O)O[C@@H]2C(O[Si](C)(C)C(C)(C)C)C1O[Si](C)(C)C(C)(C)C. The molecule has 240 valence electrons. The molecule has 0 radical (unpaired) electrons. The van der Waals surface area contributed by atoms with Gasteiger partial charge in [0, 0.05) is 6.42 Å². The zero-order valence-corrected chi connectivity index (χ0v) is 33.9. The van der Waals surface area contributed by atoms with Crippen molar-refractivity contribution in [3.63, 3.8) is 0 Å². The van der Waals surface area contributed by atoms with Crippen LogP contribution in [0.3, 0.4) is 0 Å². The van der Waals surface area contributed by atoms with Gasteiger partial charge in [-0.1, -0.05) is 84.9 Å². The van der Waals surface area contributed by atoms with Crippen molar-refractivity contribution in [2.45, 2.75) is 179 Å². The molecule has 2 aliphatic rings. The van der Waals surface area contributed by atoms with Crippen LogP contribution < -0.4 is 0 Å². The Bertz CT molecular complexity index is 903. The van der Waals surface area contributed by atoms with Crippen molar-refractivity contribution in [3.8, 4) is 0 Å². The van der Waals surface area contributed by atoms with Gasteiger partial charge in [0.05, 0.1) is 18.3 Å². The first kappa shape index (κ1) is 37.8. The van der Waals surface area contributed by atoms with E-state index in [-0.39, 0.29) is 57.8 Å². The fourth-order valence-electron chi connectivity index (χ4n) is 4.63. The molecule has 0 amide bonds. The number of carbonyl (C=O) groups is 1. The quantitative estimate of drug-likeness (QED) is 0.127. The van der Waals surface area contributed by atoms with Crippen LogP contribution in [0, 0.1) is 0 Å². The van der Waals surface area contributed by atoms with E-state index in [2.05, 4.69) is 134 Å². The number of hydrogen-bond donors (Lipinski definition) is 0. The summed E-state index contributed by atoms with van der Waals surface area (Å²) < 4.78 is 37.6. The van der Waals surface area contributed by atoms with Crippen molar-refractivity contribution in [1.82, 2.24) is 0 Å². The molecular formula is C31H61IO6Si3. The summed E-state index contributed by atoms with van der Waals surface area (Å²) in [6.45, 7) is 34.3. The smallest absolute Gasteiger partial charge is 0.193 e. The van der Waals surface area contributed by atoms with Crippen LogP contribution in [0.2, 0.25) is 54.4 Å². The molecule has 2 saturated heterocycles. The van der Waals surface area contributed by atoms with Gasteiger partial charge < -0.3 is 27.5 Å². The number of aldehydes is 1. The molecule has 0 aliphatic carbocycles. The molecule has 0 aromatic carbocycles. The second kappa shape index (κ2) is 13.5. The maximum Gasteiger partial charge on any atom is 0.193 e. The summed E-state index contributed by atoms with van der Waals surface area (Å²) in [6, 6.07) is 0. The zero-order valence-electron chi connectivity index (χ0n) is 28.7. The van der Waals surface area contributed by atoms with Crippen molar-refractivity contribution in [2.24, 2.45) is 0 Å². The van der Waals surface area contributed by atoms with Crippen molar-refractivity contribution in [1.29, 1.82) is 0 Å². The van der Waals surface area contributed by atoms with E-state index in [1.807, 2.05) is 0 Å². The molecular weight excluding hydrogens is 679 g/mol. The van der Waals surface area contributed by atoms with Gasteiger partial charge in [-0.2, -0.15) is 0 Å². The molecule has 0 aromatic heterocycles. The molecule has 0 spiro atoms. The molecule has 2 aliphatic heterocycles. The molecule has 6 unspecified atom stereocenters. The van der Waals surface area contributed by atoms with Gasteiger partial charge >= 0.3 is 0 Å². The second-order valence-corrected chi connectivity index (χ2v) is 31.7. The molecule has 10 heteroatoms. The zero-order chi connectivity index (χ0) is 31.8. The van der Waals surface area contributed by atoms with Crippen LogP contribution in [0.5, 0.6) is 0 Å². The fourth-order valence-corrected chi connectivity index (χ4v) is 8.89. The van der Waals surface area contributed by atoms with Gasteiger partial charge in [-0.05, 0) is 77.4 Å². The first-order valence-corrected chi connectivity index (χ1v) is 25.4. The Morgan fingerprint density at radius 3 is 1.71 bits per heavy atom. The summed E-state index contributed by atoms with van der Waals surface area (Å²) >= 11 is 2.29. The predicted octanol–water partition coefficient (Wildman–Crippen LogP) is 9.01. The van der Waals surface area contributed by atoms with Crippen molar-refractivity contribution in [2.75, 3.05) is 0 Å². The van der Waals surface area contributed by atoms with E-state index in [1.165, 1.54) is 0 Å². The Balaban J connectivity index is 2.73. The lowest BCUT2D eigenvalue weighted by Crippen LogP contribution is -2.69. The molecule has 2 rings (SSSR count). The molecule has 2 heterocycles. The van der Waals surface area contributed by atoms with E-state index in [4.69, 9.17) is 22.8 Å². The summed E-state index contributed by atoms with van der Waals surface area (Å²) in [5, 5.41) is 0.0521. The van der Waals surface area contributed by atoms with Crippen LogP contribution in [0.15, 0.2) is 10.2 Å². The van der Waals surface area contributed by atoms with Gasteiger partial charge in [0.2, 0.25) is 0 Å². The van der Waals surface area contributed by atoms with Crippen LogP contribution in [-0.2, 0) is 27.5 Å². The van der Waals surface area contributed by atoms with Crippen molar-refractivity contribution in [3.05, 3.63) is 10.2 Å². The number of halogens is 1. The maximum absolute atomic E-state index is 11.5. The predicted molar refractivity (Wildman–Crippen MR) is 187 cm³/mol. The van der Waals surface area contributed by atoms with Crippen LogP contribution in [0.4, 0.5) is 0 Å². The van der Waals surface area contributed by atoms with Gasteiger partial charge in [0.1, 0.15) is 30.7 Å². The average molecular weight is 741 g/mol. The third-order valence-corrected chi connectivity index (χ3v) is 24.3. The molecule has 0 aromatic rings. The molecule has 41 heavy (non-hydrogen) atoms.